The molecular weight excluding hydrogens is 296 g/mol. The van der Waals surface area contributed by atoms with Crippen LogP contribution in [0.3, 0.4) is 0 Å². The van der Waals surface area contributed by atoms with E-state index in [-0.39, 0.29) is 28.7 Å². The first-order chi connectivity index (χ1) is 10.9. The van der Waals surface area contributed by atoms with E-state index in [2.05, 4.69) is 24.3 Å². The van der Waals surface area contributed by atoms with E-state index in [1.54, 1.807) is 0 Å². The van der Waals surface area contributed by atoms with Crippen molar-refractivity contribution in [2.45, 2.75) is 31.2 Å². The molecule has 0 spiro atoms. The number of methoxy groups -OCH3 is 2. The first-order valence-electron chi connectivity index (χ1n) is 7.84. The Labute approximate surface area is 137 Å². The molecule has 128 valence electrons. The molecule has 1 aromatic rings. The van der Waals surface area contributed by atoms with Crippen molar-refractivity contribution in [2.24, 2.45) is 0 Å². The van der Waals surface area contributed by atoms with E-state index in [1.165, 1.54) is 39.2 Å². The van der Waals surface area contributed by atoms with Crippen molar-refractivity contribution < 1.29 is 19.4 Å². The molecule has 0 atom stereocenters. The van der Waals surface area contributed by atoms with E-state index in [0.29, 0.717) is 12.1 Å². The smallest absolute Gasteiger partial charge is 0.251 e. The lowest BCUT2D eigenvalue weighted by atomic mass is 9.96. The highest BCUT2D eigenvalue weighted by Gasteiger charge is 2.36. The fraction of sp³-hybridized carbons (Fsp3) is 0.588. The Morgan fingerprint density at radius 3 is 2.17 bits per heavy atom. The Bertz CT molecular complexity index is 541. The van der Waals surface area contributed by atoms with Gasteiger partial charge in [0.25, 0.3) is 5.91 Å². The summed E-state index contributed by atoms with van der Waals surface area (Å²) in [6, 6.07) is 3.04. The van der Waals surface area contributed by atoms with Gasteiger partial charge in [0.15, 0.2) is 11.5 Å². The van der Waals surface area contributed by atoms with Crippen LogP contribution in [0.1, 0.15) is 36.0 Å². The number of carbonyl (C=O) groups excluding carboxylic acids is 1. The summed E-state index contributed by atoms with van der Waals surface area (Å²) in [5.41, 5.74) is 0.434. The minimum Gasteiger partial charge on any atom is -0.502 e. The largest absolute Gasteiger partial charge is 0.502 e. The third kappa shape index (κ3) is 3.52. The third-order valence-electron chi connectivity index (χ3n) is 4.80. The molecule has 0 aliphatic heterocycles. The summed E-state index contributed by atoms with van der Waals surface area (Å²) in [6.45, 7) is 0.602. The summed E-state index contributed by atoms with van der Waals surface area (Å²) in [5.74, 6) is 0.136. The number of amides is 1. The second-order valence-electron chi connectivity index (χ2n) is 6.24. The lowest BCUT2D eigenvalue weighted by Gasteiger charge is -2.36. The second kappa shape index (κ2) is 7.08. The van der Waals surface area contributed by atoms with Gasteiger partial charge in [-0.1, -0.05) is 12.8 Å². The lowest BCUT2D eigenvalue weighted by Crippen LogP contribution is -2.50. The number of phenols is 1. The molecule has 1 saturated carbocycles. The highest BCUT2D eigenvalue weighted by atomic mass is 16.5. The summed E-state index contributed by atoms with van der Waals surface area (Å²) < 4.78 is 10.2. The van der Waals surface area contributed by atoms with Gasteiger partial charge < -0.3 is 24.8 Å². The molecule has 1 aliphatic carbocycles. The number of ether oxygens (including phenoxy) is 2. The van der Waals surface area contributed by atoms with Crippen LogP contribution < -0.4 is 14.8 Å². The predicted octanol–water partition coefficient (Wildman–Crippen LogP) is 2.01. The van der Waals surface area contributed by atoms with Crippen LogP contribution in [0, 0.1) is 0 Å². The maximum atomic E-state index is 12.5. The molecule has 2 rings (SSSR count). The molecular formula is C17H26N2O4. The molecule has 1 fully saturated rings. The minimum absolute atomic E-state index is 0.0285. The number of likely N-dealkylation sites (N-methyl/N-ethyl adjacent to an activating group) is 1. The zero-order chi connectivity index (χ0) is 17.0. The zero-order valence-electron chi connectivity index (χ0n) is 14.3. The maximum Gasteiger partial charge on any atom is 0.251 e. The number of nitrogens with zero attached hydrogens (tertiary/aromatic N) is 1. The van der Waals surface area contributed by atoms with Crippen molar-refractivity contribution in [1.82, 2.24) is 10.2 Å². The number of phenolic OH excluding ortho intramolecular Hbond substituents is 1. The molecule has 0 bridgehead atoms. The number of hydrogen-bond acceptors (Lipinski definition) is 5. The average molecular weight is 322 g/mol. The van der Waals surface area contributed by atoms with Gasteiger partial charge in [0.2, 0.25) is 5.75 Å². The van der Waals surface area contributed by atoms with Crippen LogP contribution in [0.4, 0.5) is 0 Å². The molecule has 0 heterocycles. The van der Waals surface area contributed by atoms with Gasteiger partial charge in [0.05, 0.1) is 14.2 Å². The van der Waals surface area contributed by atoms with E-state index in [1.807, 2.05) is 0 Å². The van der Waals surface area contributed by atoms with Crippen LogP contribution >= 0.6 is 0 Å². The van der Waals surface area contributed by atoms with Gasteiger partial charge in [-0.25, -0.2) is 0 Å². The Morgan fingerprint density at radius 2 is 1.74 bits per heavy atom. The van der Waals surface area contributed by atoms with E-state index >= 15 is 0 Å². The van der Waals surface area contributed by atoms with Gasteiger partial charge in [0, 0.05) is 17.6 Å². The Balaban J connectivity index is 2.14. The van der Waals surface area contributed by atoms with Gasteiger partial charge in [-0.3, -0.25) is 4.79 Å². The third-order valence-corrected chi connectivity index (χ3v) is 4.80. The predicted molar refractivity (Wildman–Crippen MR) is 88.4 cm³/mol. The molecule has 1 aromatic carbocycles. The Morgan fingerprint density at radius 1 is 1.22 bits per heavy atom. The minimum atomic E-state index is -0.199. The van der Waals surface area contributed by atoms with Crippen LogP contribution in [0.25, 0.3) is 0 Å². The highest BCUT2D eigenvalue weighted by Crippen LogP contribution is 2.37. The Kier molecular flexibility index (Phi) is 5.36. The van der Waals surface area contributed by atoms with Crippen LogP contribution in [0.2, 0.25) is 0 Å². The Hall–Kier alpha value is -1.95. The number of benzene rings is 1. The molecule has 23 heavy (non-hydrogen) atoms. The first-order valence-corrected chi connectivity index (χ1v) is 7.84. The molecule has 2 N–H and O–H groups in total. The van der Waals surface area contributed by atoms with Crippen LogP contribution in [-0.4, -0.2) is 56.3 Å². The van der Waals surface area contributed by atoms with Crippen molar-refractivity contribution >= 4 is 5.91 Å². The van der Waals surface area contributed by atoms with E-state index in [4.69, 9.17) is 9.47 Å². The van der Waals surface area contributed by atoms with Crippen LogP contribution in [-0.2, 0) is 0 Å². The van der Waals surface area contributed by atoms with Gasteiger partial charge in [0.1, 0.15) is 0 Å². The molecule has 1 amide bonds. The zero-order valence-corrected chi connectivity index (χ0v) is 14.3. The fourth-order valence-corrected chi connectivity index (χ4v) is 3.19. The van der Waals surface area contributed by atoms with Gasteiger partial charge in [-0.15, -0.1) is 0 Å². The molecule has 6 nitrogen and oxygen atoms in total. The topological polar surface area (TPSA) is 71.0 Å². The molecule has 1 aliphatic rings. The quantitative estimate of drug-likeness (QED) is 0.838. The maximum absolute atomic E-state index is 12.5. The number of carbonyl (C=O) groups is 1. The summed E-state index contributed by atoms with van der Waals surface area (Å²) in [5, 5.41) is 12.9. The number of nitrogens with one attached hydrogen (secondary N) is 1. The van der Waals surface area contributed by atoms with Crippen molar-refractivity contribution in [2.75, 3.05) is 34.9 Å². The van der Waals surface area contributed by atoms with Gasteiger partial charge in [-0.05, 0) is 39.1 Å². The summed E-state index contributed by atoms with van der Waals surface area (Å²) in [7, 11) is 7.00. The van der Waals surface area contributed by atoms with Gasteiger partial charge >= 0.3 is 0 Å². The van der Waals surface area contributed by atoms with Crippen LogP contribution in [0.5, 0.6) is 17.2 Å². The molecule has 0 aromatic heterocycles. The number of aromatic hydroxyl groups is 1. The van der Waals surface area contributed by atoms with Crippen molar-refractivity contribution in [3.05, 3.63) is 17.7 Å². The normalized spacial score (nSPS) is 16.4. The van der Waals surface area contributed by atoms with E-state index in [0.717, 1.165) is 12.8 Å². The highest BCUT2D eigenvalue weighted by molar-refractivity contribution is 5.95. The van der Waals surface area contributed by atoms with E-state index < -0.39 is 0 Å². The summed E-state index contributed by atoms with van der Waals surface area (Å²) in [4.78, 5) is 14.7. The van der Waals surface area contributed by atoms with Crippen molar-refractivity contribution in [1.29, 1.82) is 0 Å². The monoisotopic (exact) mass is 322 g/mol. The second-order valence-corrected chi connectivity index (χ2v) is 6.24. The summed E-state index contributed by atoms with van der Waals surface area (Å²) in [6.07, 6.45) is 4.55. The first kappa shape index (κ1) is 17.4. The molecule has 6 heteroatoms. The number of rotatable bonds is 6. The molecule has 0 radical (unpaired) electrons. The fourth-order valence-electron chi connectivity index (χ4n) is 3.19. The standard InChI is InChI=1S/C17H26N2O4/c1-19(2)17(7-5-6-8-17)11-18-16(21)12-9-13(22-3)15(20)14(10-12)23-4/h9-10,20H,5-8,11H2,1-4H3,(H,18,21). The van der Waals surface area contributed by atoms with E-state index in [9.17, 15) is 9.90 Å². The lowest BCUT2D eigenvalue weighted by molar-refractivity contribution is 0.0899. The SMILES string of the molecule is COc1cc(C(=O)NCC2(N(C)C)CCCC2)cc(OC)c1O. The summed E-state index contributed by atoms with van der Waals surface area (Å²) >= 11 is 0. The van der Waals surface area contributed by atoms with Gasteiger partial charge in [-0.2, -0.15) is 0 Å². The molecule has 0 saturated heterocycles. The number of hydrogen-bond donors (Lipinski definition) is 2. The van der Waals surface area contributed by atoms with Crippen molar-refractivity contribution in [3.8, 4) is 17.2 Å². The average Bonchev–Trinajstić information content (AvgIpc) is 3.03. The van der Waals surface area contributed by atoms with Crippen molar-refractivity contribution in [3.63, 3.8) is 0 Å². The van der Waals surface area contributed by atoms with Crippen LogP contribution in [0.15, 0.2) is 12.1 Å². The molecule has 0 unspecified atom stereocenters.